The molecule has 1 heterocycles. The highest BCUT2D eigenvalue weighted by Gasteiger charge is 2.28. The van der Waals surface area contributed by atoms with Gasteiger partial charge in [-0.25, -0.2) is 9.78 Å². The van der Waals surface area contributed by atoms with Crippen molar-refractivity contribution in [3.05, 3.63) is 64.8 Å². The molecule has 0 radical (unpaired) electrons. The van der Waals surface area contributed by atoms with Gasteiger partial charge in [0.05, 0.1) is 15.8 Å². The Labute approximate surface area is 189 Å². The largest absolute Gasteiger partial charge is 0.481 e. The molecule has 160 valence electrons. The smallest absolute Gasteiger partial charge is 0.323 e. The quantitative estimate of drug-likeness (QED) is 0.411. The number of carbonyl (C=O) groups is 2. The molecule has 1 aliphatic carbocycles. The molecule has 6 nitrogen and oxygen atoms in total. The number of urea groups is 1. The molecule has 0 spiro atoms. The van der Waals surface area contributed by atoms with Gasteiger partial charge >= 0.3 is 12.0 Å². The average molecular weight is 456 g/mol. The van der Waals surface area contributed by atoms with Gasteiger partial charge in [-0.2, -0.15) is 0 Å². The molecular formula is C23H22ClN3O3S. The Bertz CT molecular complexity index is 1080. The molecule has 1 fully saturated rings. The van der Waals surface area contributed by atoms with Crippen molar-refractivity contribution in [1.82, 2.24) is 4.98 Å². The SMILES string of the molecule is O=C(Nc1ccc(-c2cnc(C3CCC(C(=O)O)CC3)s2)cc1)Nc1cccc(Cl)c1. The van der Waals surface area contributed by atoms with Crippen molar-refractivity contribution in [2.75, 3.05) is 10.6 Å². The summed E-state index contributed by atoms with van der Waals surface area (Å²) in [5.41, 5.74) is 2.33. The van der Waals surface area contributed by atoms with Crippen molar-refractivity contribution in [2.24, 2.45) is 5.92 Å². The van der Waals surface area contributed by atoms with Gasteiger partial charge in [-0.05, 0) is 61.6 Å². The van der Waals surface area contributed by atoms with Crippen molar-refractivity contribution in [1.29, 1.82) is 0 Å². The first-order chi connectivity index (χ1) is 15.0. The maximum atomic E-state index is 12.2. The van der Waals surface area contributed by atoms with Gasteiger partial charge in [0.15, 0.2) is 0 Å². The second kappa shape index (κ2) is 9.49. The fourth-order valence-corrected chi connectivity index (χ4v) is 5.06. The number of nitrogens with zero attached hydrogens (tertiary/aromatic N) is 1. The Kier molecular flexibility index (Phi) is 6.53. The highest BCUT2D eigenvalue weighted by atomic mass is 35.5. The van der Waals surface area contributed by atoms with Gasteiger partial charge < -0.3 is 15.7 Å². The van der Waals surface area contributed by atoms with Gasteiger partial charge in [-0.1, -0.05) is 29.8 Å². The number of hydrogen-bond donors (Lipinski definition) is 3. The summed E-state index contributed by atoms with van der Waals surface area (Å²) in [4.78, 5) is 29.0. The topological polar surface area (TPSA) is 91.3 Å². The van der Waals surface area contributed by atoms with E-state index in [-0.39, 0.29) is 11.9 Å². The Morgan fingerprint density at radius 2 is 1.71 bits per heavy atom. The number of benzene rings is 2. The minimum absolute atomic E-state index is 0.216. The zero-order chi connectivity index (χ0) is 21.8. The number of anilines is 2. The zero-order valence-corrected chi connectivity index (χ0v) is 18.2. The van der Waals surface area contributed by atoms with Crippen LogP contribution in [0.1, 0.15) is 36.6 Å². The van der Waals surface area contributed by atoms with Crippen LogP contribution in [0.2, 0.25) is 5.02 Å². The molecule has 3 N–H and O–H groups in total. The maximum Gasteiger partial charge on any atom is 0.323 e. The number of hydrogen-bond acceptors (Lipinski definition) is 4. The van der Waals surface area contributed by atoms with E-state index < -0.39 is 5.97 Å². The zero-order valence-electron chi connectivity index (χ0n) is 16.7. The van der Waals surface area contributed by atoms with E-state index in [9.17, 15) is 9.59 Å². The van der Waals surface area contributed by atoms with E-state index in [1.165, 1.54) is 0 Å². The summed E-state index contributed by atoms with van der Waals surface area (Å²) < 4.78 is 0. The van der Waals surface area contributed by atoms with E-state index >= 15 is 0 Å². The summed E-state index contributed by atoms with van der Waals surface area (Å²) in [6, 6.07) is 14.2. The molecule has 0 atom stereocenters. The summed E-state index contributed by atoms with van der Waals surface area (Å²) in [5.74, 6) is -0.564. The molecule has 0 bridgehead atoms. The van der Waals surface area contributed by atoms with Crippen LogP contribution in [0.3, 0.4) is 0 Å². The number of thiazole rings is 1. The summed E-state index contributed by atoms with van der Waals surface area (Å²) in [6.45, 7) is 0. The van der Waals surface area contributed by atoms with Gasteiger partial charge in [0.1, 0.15) is 0 Å². The molecule has 2 aromatic carbocycles. The number of carboxylic acid groups (broad SMARTS) is 1. The van der Waals surface area contributed by atoms with E-state index in [1.807, 2.05) is 30.5 Å². The van der Waals surface area contributed by atoms with Gasteiger partial charge in [-0.15, -0.1) is 11.3 Å². The molecule has 0 aliphatic heterocycles. The van der Waals surface area contributed by atoms with Gasteiger partial charge in [0.25, 0.3) is 0 Å². The fourth-order valence-electron chi connectivity index (χ4n) is 3.77. The molecule has 1 aliphatic rings. The van der Waals surface area contributed by atoms with Gasteiger partial charge in [0, 0.05) is 28.5 Å². The van der Waals surface area contributed by atoms with Crippen LogP contribution >= 0.6 is 22.9 Å². The van der Waals surface area contributed by atoms with Crippen LogP contribution in [-0.2, 0) is 4.79 Å². The van der Waals surface area contributed by atoms with Crippen LogP contribution in [0.25, 0.3) is 10.4 Å². The van der Waals surface area contributed by atoms with Gasteiger partial charge in [-0.3, -0.25) is 4.79 Å². The molecular weight excluding hydrogens is 434 g/mol. The summed E-state index contributed by atoms with van der Waals surface area (Å²) in [5, 5.41) is 16.3. The first-order valence-electron chi connectivity index (χ1n) is 10.1. The van der Waals surface area contributed by atoms with Crippen molar-refractivity contribution in [3.8, 4) is 10.4 Å². The highest BCUT2D eigenvalue weighted by molar-refractivity contribution is 7.15. The van der Waals surface area contributed by atoms with Crippen molar-refractivity contribution in [3.63, 3.8) is 0 Å². The normalized spacial score (nSPS) is 18.4. The number of aromatic nitrogens is 1. The van der Waals surface area contributed by atoms with E-state index in [2.05, 4.69) is 15.6 Å². The first kappa shape index (κ1) is 21.3. The number of amides is 2. The molecule has 31 heavy (non-hydrogen) atoms. The fraction of sp³-hybridized carbons (Fsp3) is 0.261. The standard InChI is InChI=1S/C23H22ClN3O3S/c24-17-2-1-3-19(12-17)27-23(30)26-18-10-8-14(9-11-18)20-13-25-21(31-20)15-4-6-16(7-5-15)22(28)29/h1-3,8-13,15-16H,4-7H2,(H,28,29)(H2,26,27,30). The molecule has 3 aromatic rings. The van der Waals surface area contributed by atoms with Crippen LogP contribution in [-0.4, -0.2) is 22.1 Å². The lowest BCUT2D eigenvalue weighted by molar-refractivity contribution is -0.142. The van der Waals surface area contributed by atoms with Crippen molar-refractivity contribution >= 4 is 46.3 Å². The minimum Gasteiger partial charge on any atom is -0.481 e. The van der Waals surface area contributed by atoms with Crippen molar-refractivity contribution < 1.29 is 14.7 Å². The second-order valence-corrected chi connectivity index (χ2v) is 9.12. The monoisotopic (exact) mass is 455 g/mol. The van der Waals surface area contributed by atoms with Crippen LogP contribution in [0, 0.1) is 5.92 Å². The Balaban J connectivity index is 1.35. The molecule has 1 saturated carbocycles. The number of carbonyl (C=O) groups excluding carboxylic acids is 1. The average Bonchev–Trinajstić information content (AvgIpc) is 3.24. The molecule has 0 unspecified atom stereocenters. The van der Waals surface area contributed by atoms with E-state index in [0.29, 0.717) is 35.2 Å². The predicted octanol–water partition coefficient (Wildman–Crippen LogP) is 6.47. The Hall–Kier alpha value is -2.90. The molecule has 2 amide bonds. The van der Waals surface area contributed by atoms with E-state index in [1.54, 1.807) is 35.6 Å². The number of rotatable bonds is 5. The van der Waals surface area contributed by atoms with Crippen LogP contribution < -0.4 is 10.6 Å². The number of aliphatic carboxylic acids is 1. The first-order valence-corrected chi connectivity index (χ1v) is 11.3. The maximum absolute atomic E-state index is 12.2. The predicted molar refractivity (Wildman–Crippen MR) is 124 cm³/mol. The van der Waals surface area contributed by atoms with Gasteiger partial charge in [0.2, 0.25) is 0 Å². The number of nitrogens with one attached hydrogen (secondary N) is 2. The van der Waals surface area contributed by atoms with Crippen LogP contribution in [0.5, 0.6) is 0 Å². The lowest BCUT2D eigenvalue weighted by atomic mass is 9.82. The third-order valence-corrected chi connectivity index (χ3v) is 6.90. The minimum atomic E-state index is -0.687. The molecule has 0 saturated heterocycles. The third kappa shape index (κ3) is 5.42. The van der Waals surface area contributed by atoms with E-state index in [4.69, 9.17) is 16.7 Å². The van der Waals surface area contributed by atoms with Crippen LogP contribution in [0.4, 0.5) is 16.2 Å². The second-order valence-electron chi connectivity index (χ2n) is 7.62. The summed E-state index contributed by atoms with van der Waals surface area (Å²) in [6.07, 6.45) is 5.04. The number of carboxylic acids is 1. The lowest BCUT2D eigenvalue weighted by Gasteiger charge is -2.24. The van der Waals surface area contributed by atoms with E-state index in [0.717, 1.165) is 28.3 Å². The van der Waals surface area contributed by atoms with Crippen LogP contribution in [0.15, 0.2) is 54.7 Å². The van der Waals surface area contributed by atoms with Crippen molar-refractivity contribution in [2.45, 2.75) is 31.6 Å². The summed E-state index contributed by atoms with van der Waals surface area (Å²) >= 11 is 7.59. The summed E-state index contributed by atoms with van der Waals surface area (Å²) in [7, 11) is 0. The third-order valence-electron chi connectivity index (χ3n) is 5.46. The lowest BCUT2D eigenvalue weighted by Crippen LogP contribution is -2.20. The Morgan fingerprint density at radius 3 is 2.39 bits per heavy atom. The molecule has 8 heteroatoms. The number of halogens is 1. The molecule has 1 aromatic heterocycles. The highest BCUT2D eigenvalue weighted by Crippen LogP contribution is 2.39. The molecule has 4 rings (SSSR count). The Morgan fingerprint density at radius 1 is 1.00 bits per heavy atom.